The summed E-state index contributed by atoms with van der Waals surface area (Å²) in [5, 5.41) is 13.8. The molecule has 0 atom stereocenters. The first kappa shape index (κ1) is 14.7. The SMILES string of the molecule is COc1c(C2(C(=O)O)CCC(F)(F)CC2)c(C)nn1C. The van der Waals surface area contributed by atoms with Gasteiger partial charge in [-0.15, -0.1) is 0 Å². The zero-order valence-corrected chi connectivity index (χ0v) is 11.7. The maximum Gasteiger partial charge on any atom is 0.314 e. The summed E-state index contributed by atoms with van der Waals surface area (Å²) in [5.74, 6) is -3.56. The summed E-state index contributed by atoms with van der Waals surface area (Å²) in [6.45, 7) is 1.68. The highest BCUT2D eigenvalue weighted by atomic mass is 19.3. The molecule has 0 aromatic carbocycles. The van der Waals surface area contributed by atoms with Crippen molar-refractivity contribution in [3.8, 4) is 5.88 Å². The Kier molecular flexibility index (Phi) is 3.47. The molecule has 2 rings (SSSR count). The third kappa shape index (κ3) is 2.14. The molecule has 1 aliphatic rings. The number of carboxylic acids is 1. The Morgan fingerprint density at radius 2 is 1.90 bits per heavy atom. The number of rotatable bonds is 3. The lowest BCUT2D eigenvalue weighted by molar-refractivity contribution is -0.149. The molecule has 0 saturated heterocycles. The number of aliphatic carboxylic acids is 1. The molecule has 1 heterocycles. The van der Waals surface area contributed by atoms with Crippen LogP contribution in [-0.2, 0) is 17.3 Å². The first-order valence-electron chi connectivity index (χ1n) is 6.43. The number of carboxylic acid groups (broad SMARTS) is 1. The van der Waals surface area contributed by atoms with E-state index >= 15 is 0 Å². The van der Waals surface area contributed by atoms with Crippen molar-refractivity contribution in [2.45, 2.75) is 43.9 Å². The maximum atomic E-state index is 13.4. The number of nitrogens with zero attached hydrogens (tertiary/aromatic N) is 2. The van der Waals surface area contributed by atoms with Gasteiger partial charge in [0, 0.05) is 19.9 Å². The Balaban J connectivity index is 2.53. The molecule has 1 fully saturated rings. The second kappa shape index (κ2) is 4.71. The summed E-state index contributed by atoms with van der Waals surface area (Å²) >= 11 is 0. The van der Waals surface area contributed by atoms with Gasteiger partial charge in [-0.3, -0.25) is 4.79 Å². The zero-order chi connectivity index (χ0) is 15.1. The van der Waals surface area contributed by atoms with Crippen LogP contribution in [0.2, 0.25) is 0 Å². The summed E-state index contributed by atoms with van der Waals surface area (Å²) in [7, 11) is 3.06. The standard InChI is InChI=1S/C13H18F2N2O3/c1-8-9(10(20-3)17(2)16-8)12(11(18)19)4-6-13(14,15)7-5-12/h4-7H2,1-3H3,(H,18,19). The minimum Gasteiger partial charge on any atom is -0.481 e. The van der Waals surface area contributed by atoms with E-state index in [4.69, 9.17) is 4.74 Å². The fourth-order valence-electron chi connectivity index (χ4n) is 3.04. The molecule has 0 spiro atoms. The summed E-state index contributed by atoms with van der Waals surface area (Å²) in [6, 6.07) is 0. The molecule has 1 aliphatic carbocycles. The van der Waals surface area contributed by atoms with E-state index in [1.54, 1.807) is 14.0 Å². The zero-order valence-electron chi connectivity index (χ0n) is 11.7. The van der Waals surface area contributed by atoms with Gasteiger partial charge in [-0.2, -0.15) is 5.10 Å². The van der Waals surface area contributed by atoms with Gasteiger partial charge in [-0.25, -0.2) is 13.5 Å². The molecule has 5 nitrogen and oxygen atoms in total. The Bertz CT molecular complexity index is 530. The second-order valence-electron chi connectivity index (χ2n) is 5.34. The topological polar surface area (TPSA) is 64.3 Å². The molecule has 1 aromatic heterocycles. The predicted molar refractivity (Wildman–Crippen MR) is 67.2 cm³/mol. The molecule has 0 aliphatic heterocycles. The van der Waals surface area contributed by atoms with E-state index < -0.39 is 30.1 Å². The molecule has 1 N–H and O–H groups in total. The number of hydrogen-bond donors (Lipinski definition) is 1. The van der Waals surface area contributed by atoms with Gasteiger partial charge in [0.1, 0.15) is 5.41 Å². The number of halogens is 2. The second-order valence-corrected chi connectivity index (χ2v) is 5.34. The van der Waals surface area contributed by atoms with Crippen LogP contribution < -0.4 is 4.74 Å². The lowest BCUT2D eigenvalue weighted by Crippen LogP contribution is -2.43. The maximum absolute atomic E-state index is 13.4. The van der Waals surface area contributed by atoms with Crippen molar-refractivity contribution in [2.75, 3.05) is 7.11 Å². The number of aromatic nitrogens is 2. The average Bonchev–Trinajstić information content (AvgIpc) is 2.64. The molecule has 0 bridgehead atoms. The van der Waals surface area contributed by atoms with Crippen molar-refractivity contribution in [3.05, 3.63) is 11.3 Å². The average molecular weight is 288 g/mol. The third-order valence-electron chi connectivity index (χ3n) is 4.09. The van der Waals surface area contributed by atoms with E-state index in [2.05, 4.69) is 5.10 Å². The molecule has 112 valence electrons. The van der Waals surface area contributed by atoms with Gasteiger partial charge in [-0.05, 0) is 19.8 Å². The molecule has 0 radical (unpaired) electrons. The molecule has 0 unspecified atom stereocenters. The number of carbonyl (C=O) groups is 1. The molecule has 20 heavy (non-hydrogen) atoms. The summed E-state index contributed by atoms with van der Waals surface area (Å²) in [5.41, 5.74) is -0.409. The number of alkyl halides is 2. The Hall–Kier alpha value is -1.66. The van der Waals surface area contributed by atoms with Crippen molar-refractivity contribution < 1.29 is 23.4 Å². The van der Waals surface area contributed by atoms with Crippen LogP contribution in [0, 0.1) is 6.92 Å². The lowest BCUT2D eigenvalue weighted by Gasteiger charge is -2.36. The van der Waals surface area contributed by atoms with Crippen molar-refractivity contribution in [2.24, 2.45) is 7.05 Å². The van der Waals surface area contributed by atoms with Crippen LogP contribution in [0.3, 0.4) is 0 Å². The third-order valence-corrected chi connectivity index (χ3v) is 4.09. The normalized spacial score (nSPS) is 20.6. The van der Waals surface area contributed by atoms with Gasteiger partial charge in [0.25, 0.3) is 0 Å². The van der Waals surface area contributed by atoms with E-state index in [0.29, 0.717) is 17.1 Å². The van der Waals surface area contributed by atoms with E-state index in [9.17, 15) is 18.7 Å². The fourth-order valence-corrected chi connectivity index (χ4v) is 3.04. The fraction of sp³-hybridized carbons (Fsp3) is 0.692. The van der Waals surface area contributed by atoms with E-state index in [1.165, 1.54) is 11.8 Å². The van der Waals surface area contributed by atoms with E-state index in [0.717, 1.165) is 0 Å². The Morgan fingerprint density at radius 1 is 1.35 bits per heavy atom. The molecular weight excluding hydrogens is 270 g/mol. The van der Waals surface area contributed by atoms with E-state index in [1.807, 2.05) is 0 Å². The van der Waals surface area contributed by atoms with Gasteiger partial charge >= 0.3 is 5.97 Å². The van der Waals surface area contributed by atoms with Crippen molar-refractivity contribution in [1.82, 2.24) is 9.78 Å². The monoisotopic (exact) mass is 288 g/mol. The van der Waals surface area contributed by atoms with E-state index in [-0.39, 0.29) is 12.8 Å². The highest BCUT2D eigenvalue weighted by Crippen LogP contribution is 2.49. The number of hydrogen-bond acceptors (Lipinski definition) is 3. The Morgan fingerprint density at radius 3 is 2.35 bits per heavy atom. The van der Waals surface area contributed by atoms with Gasteiger partial charge in [0.05, 0.1) is 18.4 Å². The first-order valence-corrected chi connectivity index (χ1v) is 6.43. The van der Waals surface area contributed by atoms with Crippen molar-refractivity contribution in [1.29, 1.82) is 0 Å². The van der Waals surface area contributed by atoms with Crippen molar-refractivity contribution in [3.63, 3.8) is 0 Å². The predicted octanol–water partition coefficient (Wildman–Crippen LogP) is 2.27. The molecule has 7 heteroatoms. The minimum atomic E-state index is -2.79. The first-order chi connectivity index (χ1) is 9.23. The smallest absolute Gasteiger partial charge is 0.314 e. The molecule has 1 aromatic rings. The van der Waals surface area contributed by atoms with Gasteiger partial charge in [0.2, 0.25) is 11.8 Å². The minimum absolute atomic E-state index is 0.113. The molecule has 0 amide bonds. The van der Waals surface area contributed by atoms with Crippen LogP contribution in [0.15, 0.2) is 0 Å². The van der Waals surface area contributed by atoms with Crippen LogP contribution in [-0.4, -0.2) is 33.9 Å². The van der Waals surface area contributed by atoms with Crippen LogP contribution in [0.1, 0.15) is 36.9 Å². The summed E-state index contributed by atoms with van der Waals surface area (Å²) in [4.78, 5) is 11.8. The van der Waals surface area contributed by atoms with Gasteiger partial charge in [-0.1, -0.05) is 0 Å². The van der Waals surface area contributed by atoms with Crippen molar-refractivity contribution >= 4 is 5.97 Å². The van der Waals surface area contributed by atoms with Crippen LogP contribution in [0.25, 0.3) is 0 Å². The quantitative estimate of drug-likeness (QED) is 0.926. The molecule has 1 saturated carbocycles. The van der Waals surface area contributed by atoms with Gasteiger partial charge in [0.15, 0.2) is 0 Å². The highest BCUT2D eigenvalue weighted by Gasteiger charge is 2.52. The highest BCUT2D eigenvalue weighted by molar-refractivity contribution is 5.83. The molecular formula is C13H18F2N2O3. The summed E-state index contributed by atoms with van der Waals surface area (Å²) in [6.07, 6.45) is -1.09. The van der Waals surface area contributed by atoms with Crippen LogP contribution in [0.4, 0.5) is 8.78 Å². The largest absolute Gasteiger partial charge is 0.481 e. The summed E-state index contributed by atoms with van der Waals surface area (Å²) < 4.78 is 33.4. The van der Waals surface area contributed by atoms with Crippen LogP contribution in [0.5, 0.6) is 5.88 Å². The van der Waals surface area contributed by atoms with Crippen LogP contribution >= 0.6 is 0 Å². The number of ether oxygens (including phenoxy) is 1. The number of methoxy groups -OCH3 is 1. The Labute approximate surface area is 115 Å². The lowest BCUT2D eigenvalue weighted by atomic mass is 9.68. The van der Waals surface area contributed by atoms with Gasteiger partial charge < -0.3 is 9.84 Å². The number of aryl methyl sites for hydroxylation is 2.